The molecule has 0 bridgehead atoms. The quantitative estimate of drug-likeness (QED) is 0.108. The van der Waals surface area contributed by atoms with E-state index in [0.29, 0.717) is 9.75 Å². The molecule has 0 aromatic carbocycles. The van der Waals surface area contributed by atoms with Gasteiger partial charge in [-0.2, -0.15) is 0 Å². The van der Waals surface area contributed by atoms with Crippen LogP contribution in [0.2, 0.25) is 13.1 Å². The van der Waals surface area contributed by atoms with Gasteiger partial charge < -0.3 is 17.7 Å². The van der Waals surface area contributed by atoms with Crippen molar-refractivity contribution in [3.05, 3.63) is 0 Å². The molecule has 0 spiro atoms. The minimum Gasteiger partial charge on any atom is -0.394 e. The fraction of sp³-hybridized carbons (Fsp3) is 1.00. The molecule has 0 rings (SSSR count). The van der Waals surface area contributed by atoms with E-state index in [1.807, 2.05) is 51.1 Å². The lowest BCUT2D eigenvalue weighted by molar-refractivity contribution is 0.186. The molecule has 2 unspecified atom stereocenters. The summed E-state index contributed by atoms with van der Waals surface area (Å²) < 4.78 is 24.3. The maximum Gasteiger partial charge on any atom is 0.349 e. The fourth-order valence-electron chi connectivity index (χ4n) is 2.79. The molecule has 2 atom stereocenters. The molecule has 0 aromatic heterocycles. The molecule has 0 amide bonds. The largest absolute Gasteiger partial charge is 0.394 e. The van der Waals surface area contributed by atoms with Crippen LogP contribution in [-0.4, -0.2) is 53.3 Å². The highest BCUT2D eigenvalue weighted by molar-refractivity contribution is 9.35. The van der Waals surface area contributed by atoms with Gasteiger partial charge in [0, 0.05) is 26.4 Å². The zero-order chi connectivity index (χ0) is 20.8. The van der Waals surface area contributed by atoms with Crippen LogP contribution in [0.4, 0.5) is 0 Å². The number of hydrogen-bond donors (Lipinski definition) is 0. The van der Waals surface area contributed by atoms with Gasteiger partial charge in [0.15, 0.2) is 0 Å². The van der Waals surface area contributed by atoms with Crippen molar-refractivity contribution in [3.8, 4) is 0 Å². The summed E-state index contributed by atoms with van der Waals surface area (Å²) in [6, 6.07) is 0. The Morgan fingerprint density at radius 1 is 0.556 bits per heavy atom. The van der Waals surface area contributed by atoms with Crippen LogP contribution >= 0.6 is 51.1 Å². The highest BCUT2D eigenvalue weighted by atomic mass is 33.8. The van der Waals surface area contributed by atoms with Crippen LogP contribution in [0.15, 0.2) is 0 Å². The SMILES string of the molecule is CCO[Si](C)(OCC)C(CC)SSSSSC(CC)[Si](C)(OCC)OCC. The van der Waals surface area contributed by atoms with Crippen molar-refractivity contribution < 1.29 is 17.7 Å². The summed E-state index contributed by atoms with van der Waals surface area (Å²) in [6.07, 6.45) is 2.13. The average molecular weight is 511 g/mol. The van der Waals surface area contributed by atoms with Crippen LogP contribution in [0.3, 0.4) is 0 Å². The molecule has 0 heterocycles. The van der Waals surface area contributed by atoms with Gasteiger partial charge in [-0.15, -0.1) is 0 Å². The first kappa shape index (κ1) is 29.0. The Kier molecular flexibility index (Phi) is 17.9. The van der Waals surface area contributed by atoms with E-state index in [9.17, 15) is 0 Å². The van der Waals surface area contributed by atoms with E-state index in [1.165, 1.54) is 0 Å². The Bertz CT molecular complexity index is 328. The monoisotopic (exact) mass is 510 g/mol. The van der Waals surface area contributed by atoms with Gasteiger partial charge in [0.25, 0.3) is 0 Å². The van der Waals surface area contributed by atoms with Crippen LogP contribution in [-0.2, 0) is 17.7 Å². The Morgan fingerprint density at radius 2 is 0.852 bits per heavy atom. The van der Waals surface area contributed by atoms with Crippen LogP contribution in [0.1, 0.15) is 54.4 Å². The molecule has 11 heteroatoms. The highest BCUT2D eigenvalue weighted by Gasteiger charge is 2.42. The van der Waals surface area contributed by atoms with Gasteiger partial charge in [0.1, 0.15) is 0 Å². The van der Waals surface area contributed by atoms with E-state index < -0.39 is 17.1 Å². The maximum absolute atomic E-state index is 6.07. The third kappa shape index (κ3) is 10.7. The highest BCUT2D eigenvalue weighted by Crippen LogP contribution is 2.53. The van der Waals surface area contributed by atoms with Crippen molar-refractivity contribution >= 4 is 68.2 Å². The first-order valence-electron chi connectivity index (χ1n) is 9.75. The van der Waals surface area contributed by atoms with Crippen molar-refractivity contribution in [2.75, 3.05) is 26.4 Å². The lowest BCUT2D eigenvalue weighted by atomic mass is 10.6. The zero-order valence-electron chi connectivity index (χ0n) is 18.1. The molecule has 0 aliphatic rings. The summed E-state index contributed by atoms with van der Waals surface area (Å²) in [5, 5.41) is 0. The van der Waals surface area contributed by atoms with Gasteiger partial charge >= 0.3 is 17.1 Å². The average Bonchev–Trinajstić information content (AvgIpc) is 2.61. The summed E-state index contributed by atoms with van der Waals surface area (Å²) in [4.78, 5) is 0.850. The minimum atomic E-state index is -2.14. The molecule has 0 saturated heterocycles. The summed E-state index contributed by atoms with van der Waals surface area (Å²) in [7, 11) is 5.03. The van der Waals surface area contributed by atoms with Crippen LogP contribution in [0.25, 0.3) is 0 Å². The van der Waals surface area contributed by atoms with Crippen LogP contribution in [0, 0.1) is 0 Å². The van der Waals surface area contributed by atoms with Gasteiger partial charge in [-0.05, 0) is 83.1 Å². The lowest BCUT2D eigenvalue weighted by Gasteiger charge is -2.33. The van der Waals surface area contributed by atoms with Gasteiger partial charge in [0.2, 0.25) is 0 Å². The summed E-state index contributed by atoms with van der Waals surface area (Å²) >= 11 is 0. The Labute approximate surface area is 188 Å². The summed E-state index contributed by atoms with van der Waals surface area (Å²) in [6.45, 7) is 19.9. The molecule has 0 saturated carbocycles. The molecule has 4 nitrogen and oxygen atoms in total. The van der Waals surface area contributed by atoms with Gasteiger partial charge in [0.05, 0.1) is 9.75 Å². The molecular formula is C16H38O4S5Si2. The van der Waals surface area contributed by atoms with E-state index in [4.69, 9.17) is 17.7 Å². The first-order valence-corrected chi connectivity index (χ1v) is 20.8. The standard InChI is InChI=1S/C16H38O4S5Si2/c1-9-15(26(7,17-11-3)18-12-4)21-23-25-24-22-16(10-2)27(8,19-13-5)20-14-6/h15-16H,9-14H2,1-8H3. The second-order valence-corrected chi connectivity index (χ2v) is 21.4. The predicted molar refractivity (Wildman–Crippen MR) is 136 cm³/mol. The molecule has 164 valence electrons. The van der Waals surface area contributed by atoms with Crippen molar-refractivity contribution in [3.63, 3.8) is 0 Å². The molecule has 0 aromatic rings. The fourth-order valence-corrected chi connectivity index (χ4v) is 23.8. The summed E-state index contributed by atoms with van der Waals surface area (Å²) in [5.74, 6) is 0. The maximum atomic E-state index is 6.07. The van der Waals surface area contributed by atoms with Crippen LogP contribution < -0.4 is 0 Å². The number of hydrogen-bond acceptors (Lipinski definition) is 9. The Hall–Kier alpha value is 2.02. The van der Waals surface area contributed by atoms with Gasteiger partial charge in [-0.25, -0.2) is 0 Å². The second-order valence-electron chi connectivity index (χ2n) is 5.95. The zero-order valence-corrected chi connectivity index (χ0v) is 24.2. The second kappa shape index (κ2) is 16.7. The smallest absolute Gasteiger partial charge is 0.349 e. The van der Waals surface area contributed by atoms with E-state index in [0.717, 1.165) is 39.3 Å². The third-order valence-electron chi connectivity index (χ3n) is 4.00. The van der Waals surface area contributed by atoms with E-state index in [2.05, 4.69) is 54.6 Å². The molecule has 27 heavy (non-hydrogen) atoms. The number of rotatable bonds is 18. The molecule has 0 fully saturated rings. The van der Waals surface area contributed by atoms with Gasteiger partial charge in [-0.1, -0.05) is 35.4 Å². The van der Waals surface area contributed by atoms with Crippen molar-refractivity contribution in [1.29, 1.82) is 0 Å². The molecule has 0 radical (unpaired) electrons. The van der Waals surface area contributed by atoms with E-state index in [1.54, 1.807) is 0 Å². The molecule has 0 aliphatic heterocycles. The molecule has 0 aliphatic carbocycles. The predicted octanol–water partition coefficient (Wildman–Crippen LogP) is 7.24. The molecule has 0 N–H and O–H groups in total. The summed E-state index contributed by atoms with van der Waals surface area (Å²) in [5.41, 5.74) is 0. The topological polar surface area (TPSA) is 36.9 Å². The Balaban J connectivity index is 4.51. The molecular weight excluding hydrogens is 473 g/mol. The van der Waals surface area contributed by atoms with E-state index >= 15 is 0 Å². The van der Waals surface area contributed by atoms with Crippen molar-refractivity contribution in [2.45, 2.75) is 77.2 Å². The van der Waals surface area contributed by atoms with Crippen LogP contribution in [0.5, 0.6) is 0 Å². The van der Waals surface area contributed by atoms with Crippen molar-refractivity contribution in [1.82, 2.24) is 0 Å². The minimum absolute atomic E-state index is 0.425. The van der Waals surface area contributed by atoms with Crippen molar-refractivity contribution in [2.24, 2.45) is 0 Å². The van der Waals surface area contributed by atoms with Gasteiger partial charge in [-0.3, -0.25) is 0 Å². The third-order valence-corrected chi connectivity index (χ3v) is 23.9. The Morgan fingerprint density at radius 3 is 1.07 bits per heavy atom. The lowest BCUT2D eigenvalue weighted by Crippen LogP contribution is -2.49. The van der Waals surface area contributed by atoms with E-state index in [-0.39, 0.29) is 0 Å². The first-order chi connectivity index (χ1) is 12.9. The normalized spacial score (nSPS) is 15.1.